The van der Waals surface area contributed by atoms with Gasteiger partial charge in [-0.2, -0.15) is 5.10 Å². The van der Waals surface area contributed by atoms with Crippen molar-refractivity contribution in [1.82, 2.24) is 14.8 Å². The van der Waals surface area contributed by atoms with Crippen molar-refractivity contribution in [3.05, 3.63) is 17.5 Å². The Morgan fingerprint density at radius 3 is 2.70 bits per heavy atom. The quantitative estimate of drug-likeness (QED) is 0.776. The number of hydrogen-bond donors (Lipinski definition) is 3. The Kier molecular flexibility index (Phi) is 3.39. The van der Waals surface area contributed by atoms with Crippen LogP contribution in [-0.2, 0) is 7.05 Å². The van der Waals surface area contributed by atoms with E-state index in [-0.39, 0.29) is 12.1 Å². The molecule has 2 heterocycles. The normalized spacial score (nSPS) is 11.8. The lowest BCUT2D eigenvalue weighted by molar-refractivity contribution is 0.0696. The van der Waals surface area contributed by atoms with Crippen LogP contribution < -0.4 is 5.32 Å². The van der Waals surface area contributed by atoms with Crippen LogP contribution in [-0.4, -0.2) is 43.1 Å². The predicted octanol–water partition coefficient (Wildman–Crippen LogP) is 1.16. The molecule has 0 amide bonds. The van der Waals surface area contributed by atoms with Gasteiger partial charge in [0.1, 0.15) is 5.56 Å². The van der Waals surface area contributed by atoms with Gasteiger partial charge >= 0.3 is 5.97 Å². The summed E-state index contributed by atoms with van der Waals surface area (Å²) < 4.78 is 1.60. The highest BCUT2D eigenvalue weighted by Crippen LogP contribution is 2.28. The zero-order valence-corrected chi connectivity index (χ0v) is 11.9. The van der Waals surface area contributed by atoms with Crippen LogP contribution in [0.25, 0.3) is 11.0 Å². The van der Waals surface area contributed by atoms with E-state index in [0.717, 1.165) is 0 Å². The fourth-order valence-corrected chi connectivity index (χ4v) is 2.06. The highest BCUT2D eigenvalue weighted by Gasteiger charge is 2.21. The Labute approximate surface area is 116 Å². The molecule has 0 aliphatic rings. The number of anilines is 1. The summed E-state index contributed by atoms with van der Waals surface area (Å²) in [5.74, 6) is -1.07. The second kappa shape index (κ2) is 4.75. The number of rotatable bonds is 4. The van der Waals surface area contributed by atoms with Crippen molar-refractivity contribution in [2.24, 2.45) is 7.05 Å². The van der Waals surface area contributed by atoms with E-state index in [0.29, 0.717) is 22.4 Å². The van der Waals surface area contributed by atoms with Crippen molar-refractivity contribution >= 4 is 22.7 Å². The summed E-state index contributed by atoms with van der Waals surface area (Å²) in [5.41, 5.74) is 0.844. The molecule has 0 fully saturated rings. The van der Waals surface area contributed by atoms with Crippen LogP contribution in [0.2, 0.25) is 0 Å². The van der Waals surface area contributed by atoms with Crippen LogP contribution in [0.3, 0.4) is 0 Å². The third-order valence-electron chi connectivity index (χ3n) is 2.96. The van der Waals surface area contributed by atoms with Gasteiger partial charge in [0.15, 0.2) is 5.65 Å². The lowest BCUT2D eigenvalue weighted by Gasteiger charge is -2.20. The molecule has 0 radical (unpaired) electrons. The second-order valence-electron chi connectivity index (χ2n) is 5.43. The Morgan fingerprint density at radius 1 is 1.50 bits per heavy atom. The zero-order valence-electron chi connectivity index (χ0n) is 11.9. The standard InChI is InChI=1S/C13H18N4O3/c1-7-9-10(15-6-13(2,3)20)8(12(18)19)5-14-11(9)17(4)16-7/h5,20H,6H2,1-4H3,(H,14,15)(H,18,19). The smallest absolute Gasteiger partial charge is 0.339 e. The van der Waals surface area contributed by atoms with E-state index in [1.54, 1.807) is 32.5 Å². The minimum Gasteiger partial charge on any atom is -0.478 e. The molecule has 0 aliphatic carbocycles. The SMILES string of the molecule is Cc1nn(C)c2ncc(C(=O)O)c(NCC(C)(C)O)c12. The maximum atomic E-state index is 11.3. The fraction of sp³-hybridized carbons (Fsp3) is 0.462. The third-order valence-corrected chi connectivity index (χ3v) is 2.96. The molecule has 7 heteroatoms. The average Bonchev–Trinajstić information content (AvgIpc) is 2.61. The number of aromatic carboxylic acids is 1. The van der Waals surface area contributed by atoms with Gasteiger partial charge in [-0.3, -0.25) is 4.68 Å². The highest BCUT2D eigenvalue weighted by atomic mass is 16.4. The van der Waals surface area contributed by atoms with Gasteiger partial charge in [-0.1, -0.05) is 0 Å². The number of nitrogens with one attached hydrogen (secondary N) is 1. The molecule has 7 nitrogen and oxygen atoms in total. The molecule has 3 N–H and O–H groups in total. The Balaban J connectivity index is 2.62. The fourth-order valence-electron chi connectivity index (χ4n) is 2.06. The topological polar surface area (TPSA) is 100 Å². The summed E-state index contributed by atoms with van der Waals surface area (Å²) in [7, 11) is 1.75. The average molecular weight is 278 g/mol. The van der Waals surface area contributed by atoms with E-state index in [2.05, 4.69) is 15.4 Å². The first kappa shape index (κ1) is 14.3. The number of nitrogens with zero attached hydrogens (tertiary/aromatic N) is 3. The molecule has 0 unspecified atom stereocenters. The monoisotopic (exact) mass is 278 g/mol. The Bertz CT molecular complexity index is 670. The molecular formula is C13H18N4O3. The molecule has 0 aliphatic heterocycles. The van der Waals surface area contributed by atoms with Crippen LogP contribution in [0, 0.1) is 6.92 Å². The van der Waals surface area contributed by atoms with Gasteiger partial charge in [-0.25, -0.2) is 9.78 Å². The number of fused-ring (bicyclic) bond motifs is 1. The number of aliphatic hydroxyl groups is 1. The summed E-state index contributed by atoms with van der Waals surface area (Å²) in [5, 5.41) is 27.0. The molecule has 0 bridgehead atoms. The van der Waals surface area contributed by atoms with E-state index >= 15 is 0 Å². The molecule has 0 saturated heterocycles. The van der Waals surface area contributed by atoms with Crippen LogP contribution >= 0.6 is 0 Å². The van der Waals surface area contributed by atoms with E-state index in [9.17, 15) is 15.0 Å². The summed E-state index contributed by atoms with van der Waals surface area (Å²) in [4.78, 5) is 15.5. The van der Waals surface area contributed by atoms with Crippen molar-refractivity contribution in [2.75, 3.05) is 11.9 Å². The lowest BCUT2D eigenvalue weighted by Crippen LogP contribution is -2.30. The minimum atomic E-state index is -1.07. The van der Waals surface area contributed by atoms with Gasteiger partial charge in [0, 0.05) is 19.8 Å². The number of carboxylic acids is 1. The van der Waals surface area contributed by atoms with Crippen molar-refractivity contribution in [3.63, 3.8) is 0 Å². The number of carboxylic acid groups (broad SMARTS) is 1. The maximum absolute atomic E-state index is 11.3. The van der Waals surface area contributed by atoms with Gasteiger partial charge < -0.3 is 15.5 Å². The van der Waals surface area contributed by atoms with Gasteiger partial charge in [0.25, 0.3) is 0 Å². The first-order valence-corrected chi connectivity index (χ1v) is 6.22. The molecule has 0 spiro atoms. The summed E-state index contributed by atoms with van der Waals surface area (Å²) in [6.07, 6.45) is 1.30. The van der Waals surface area contributed by atoms with E-state index in [1.165, 1.54) is 6.20 Å². The highest BCUT2D eigenvalue weighted by molar-refractivity contribution is 6.04. The Hall–Kier alpha value is -2.15. The molecule has 20 heavy (non-hydrogen) atoms. The molecule has 108 valence electrons. The first-order valence-electron chi connectivity index (χ1n) is 6.22. The van der Waals surface area contributed by atoms with Gasteiger partial charge in [0.05, 0.1) is 22.4 Å². The molecule has 2 aromatic heterocycles. The number of hydrogen-bond acceptors (Lipinski definition) is 5. The van der Waals surface area contributed by atoms with Crippen molar-refractivity contribution in [1.29, 1.82) is 0 Å². The van der Waals surface area contributed by atoms with Crippen molar-refractivity contribution < 1.29 is 15.0 Å². The zero-order chi connectivity index (χ0) is 15.1. The number of pyridine rings is 1. The summed E-state index contributed by atoms with van der Waals surface area (Å²) >= 11 is 0. The summed E-state index contributed by atoms with van der Waals surface area (Å²) in [6.45, 7) is 5.31. The van der Waals surface area contributed by atoms with Crippen LogP contribution in [0.15, 0.2) is 6.20 Å². The predicted molar refractivity (Wildman–Crippen MR) is 75.0 cm³/mol. The largest absolute Gasteiger partial charge is 0.478 e. The number of aryl methyl sites for hydroxylation is 2. The molecule has 0 saturated carbocycles. The summed E-state index contributed by atoms with van der Waals surface area (Å²) in [6, 6.07) is 0. The lowest BCUT2D eigenvalue weighted by atomic mass is 10.1. The van der Waals surface area contributed by atoms with Crippen LogP contribution in [0.5, 0.6) is 0 Å². The number of aromatic nitrogens is 3. The second-order valence-corrected chi connectivity index (χ2v) is 5.43. The van der Waals surface area contributed by atoms with E-state index < -0.39 is 11.6 Å². The van der Waals surface area contributed by atoms with Crippen molar-refractivity contribution in [3.8, 4) is 0 Å². The van der Waals surface area contributed by atoms with Gasteiger partial charge in [0.2, 0.25) is 0 Å². The van der Waals surface area contributed by atoms with E-state index in [4.69, 9.17) is 0 Å². The third kappa shape index (κ3) is 2.57. The van der Waals surface area contributed by atoms with Crippen LogP contribution in [0.4, 0.5) is 5.69 Å². The molecule has 0 atom stereocenters. The van der Waals surface area contributed by atoms with E-state index in [1.807, 2.05) is 0 Å². The first-order chi connectivity index (χ1) is 9.20. The maximum Gasteiger partial charge on any atom is 0.339 e. The van der Waals surface area contributed by atoms with Crippen LogP contribution in [0.1, 0.15) is 29.9 Å². The molecular weight excluding hydrogens is 260 g/mol. The minimum absolute atomic E-state index is 0.0675. The molecule has 2 rings (SSSR count). The Morgan fingerprint density at radius 2 is 2.15 bits per heavy atom. The van der Waals surface area contributed by atoms with Gasteiger partial charge in [-0.15, -0.1) is 0 Å². The molecule has 2 aromatic rings. The van der Waals surface area contributed by atoms with Gasteiger partial charge in [-0.05, 0) is 20.8 Å². The molecule has 0 aromatic carbocycles. The van der Waals surface area contributed by atoms with Crippen molar-refractivity contribution in [2.45, 2.75) is 26.4 Å². The number of carbonyl (C=O) groups is 1.